The molecule has 0 amide bonds. The number of rotatable bonds is 1. The molecular formula is C16H23NO. The molecule has 1 fully saturated rings. The normalized spacial score (nSPS) is 25.3. The first-order valence-corrected chi connectivity index (χ1v) is 7.19. The Hall–Kier alpha value is -1.18. The van der Waals surface area contributed by atoms with Crippen molar-refractivity contribution in [2.45, 2.75) is 56.9 Å². The zero-order valence-corrected chi connectivity index (χ0v) is 11.5. The van der Waals surface area contributed by atoms with Gasteiger partial charge >= 0.3 is 0 Å². The predicted molar refractivity (Wildman–Crippen MR) is 75.5 cm³/mol. The van der Waals surface area contributed by atoms with E-state index in [0.29, 0.717) is 11.5 Å². The molecule has 1 aromatic rings. The maximum Gasteiger partial charge on any atom is 0.142 e. The highest BCUT2D eigenvalue weighted by molar-refractivity contribution is 5.66. The van der Waals surface area contributed by atoms with Gasteiger partial charge in [-0.2, -0.15) is 0 Å². The van der Waals surface area contributed by atoms with Crippen molar-refractivity contribution in [1.29, 1.82) is 0 Å². The van der Waals surface area contributed by atoms with Gasteiger partial charge in [0.2, 0.25) is 0 Å². The van der Waals surface area contributed by atoms with Crippen LogP contribution in [0.3, 0.4) is 0 Å². The van der Waals surface area contributed by atoms with Gasteiger partial charge in [-0.3, -0.25) is 0 Å². The predicted octanol–water partition coefficient (Wildman–Crippen LogP) is 4.32. The van der Waals surface area contributed by atoms with E-state index in [1.165, 1.54) is 49.8 Å². The molecule has 1 spiro atoms. The van der Waals surface area contributed by atoms with Crippen LogP contribution in [0.25, 0.3) is 0 Å². The summed E-state index contributed by atoms with van der Waals surface area (Å²) in [5.74, 6) is 1.64. The number of hydrogen-bond donors (Lipinski definition) is 1. The number of hydrogen-bond acceptors (Lipinski definition) is 2. The van der Waals surface area contributed by atoms with Gasteiger partial charge < -0.3 is 10.1 Å². The molecule has 0 radical (unpaired) electrons. The summed E-state index contributed by atoms with van der Waals surface area (Å²) in [6, 6.07) is 6.42. The number of anilines is 1. The molecule has 1 aliphatic carbocycles. The van der Waals surface area contributed by atoms with Gasteiger partial charge in [-0.05, 0) is 36.8 Å². The summed E-state index contributed by atoms with van der Waals surface area (Å²) >= 11 is 0. The van der Waals surface area contributed by atoms with Gasteiger partial charge in [-0.1, -0.05) is 38.3 Å². The van der Waals surface area contributed by atoms with Gasteiger partial charge in [-0.15, -0.1) is 0 Å². The smallest absolute Gasteiger partial charge is 0.142 e. The third-order valence-corrected chi connectivity index (χ3v) is 4.71. The van der Waals surface area contributed by atoms with Crippen molar-refractivity contribution < 1.29 is 4.74 Å². The van der Waals surface area contributed by atoms with E-state index < -0.39 is 0 Å². The van der Waals surface area contributed by atoms with Crippen molar-refractivity contribution in [3.05, 3.63) is 23.8 Å². The average Bonchev–Trinajstić information content (AvgIpc) is 2.39. The minimum atomic E-state index is 0.333. The topological polar surface area (TPSA) is 21.3 Å². The Kier molecular flexibility index (Phi) is 2.96. The van der Waals surface area contributed by atoms with E-state index in [1.807, 2.05) is 0 Å². The highest BCUT2D eigenvalue weighted by Crippen LogP contribution is 2.48. The van der Waals surface area contributed by atoms with Crippen LogP contribution < -0.4 is 10.1 Å². The van der Waals surface area contributed by atoms with E-state index in [9.17, 15) is 0 Å². The van der Waals surface area contributed by atoms with Crippen LogP contribution in [0.1, 0.15) is 56.9 Å². The van der Waals surface area contributed by atoms with E-state index >= 15 is 0 Å². The van der Waals surface area contributed by atoms with Gasteiger partial charge in [0.15, 0.2) is 0 Å². The van der Waals surface area contributed by atoms with Crippen molar-refractivity contribution in [3.8, 4) is 5.75 Å². The van der Waals surface area contributed by atoms with Gasteiger partial charge in [0.1, 0.15) is 5.75 Å². The molecule has 1 aliphatic heterocycles. The van der Waals surface area contributed by atoms with E-state index in [1.54, 1.807) is 7.11 Å². The first-order chi connectivity index (χ1) is 8.74. The lowest BCUT2D eigenvalue weighted by Crippen LogP contribution is -2.44. The van der Waals surface area contributed by atoms with Crippen molar-refractivity contribution >= 4 is 5.69 Å². The van der Waals surface area contributed by atoms with E-state index in [4.69, 9.17) is 4.74 Å². The molecule has 2 nitrogen and oxygen atoms in total. The van der Waals surface area contributed by atoms with E-state index in [0.717, 1.165) is 5.75 Å². The molecule has 98 valence electrons. The maximum absolute atomic E-state index is 5.53. The molecule has 1 unspecified atom stereocenters. The van der Waals surface area contributed by atoms with Crippen LogP contribution in [0, 0.1) is 0 Å². The average molecular weight is 245 g/mol. The largest absolute Gasteiger partial charge is 0.495 e. The molecule has 1 heterocycles. The summed E-state index contributed by atoms with van der Waals surface area (Å²) in [4.78, 5) is 0. The SMILES string of the molecule is COc1cccc2c1NC1(CCCCC1)CC2C. The van der Waals surface area contributed by atoms with Crippen LogP contribution >= 0.6 is 0 Å². The summed E-state index contributed by atoms with van der Waals surface area (Å²) in [7, 11) is 1.77. The number of fused-ring (bicyclic) bond motifs is 1. The molecule has 3 rings (SSSR count). The van der Waals surface area contributed by atoms with Crippen LogP contribution in [-0.4, -0.2) is 12.6 Å². The van der Waals surface area contributed by atoms with Gasteiger partial charge in [0, 0.05) is 5.54 Å². The summed E-state index contributed by atoms with van der Waals surface area (Å²) < 4.78 is 5.53. The zero-order chi connectivity index (χ0) is 12.6. The van der Waals surface area contributed by atoms with Crippen LogP contribution in [0.4, 0.5) is 5.69 Å². The summed E-state index contributed by atoms with van der Waals surface area (Å²) in [6.45, 7) is 2.36. The number of methoxy groups -OCH3 is 1. The summed E-state index contributed by atoms with van der Waals surface area (Å²) in [6.07, 6.45) is 8.03. The fourth-order valence-electron chi connectivity index (χ4n) is 3.83. The van der Waals surface area contributed by atoms with Gasteiger partial charge in [-0.25, -0.2) is 0 Å². The quantitative estimate of drug-likeness (QED) is 0.795. The summed E-state index contributed by atoms with van der Waals surface area (Å²) in [5, 5.41) is 3.84. The molecule has 0 aromatic heterocycles. The van der Waals surface area contributed by atoms with Crippen molar-refractivity contribution in [1.82, 2.24) is 0 Å². The lowest BCUT2D eigenvalue weighted by molar-refractivity contribution is 0.279. The van der Waals surface area contributed by atoms with Crippen LogP contribution in [0.15, 0.2) is 18.2 Å². The number of para-hydroxylation sites is 1. The highest BCUT2D eigenvalue weighted by atomic mass is 16.5. The second-order valence-corrected chi connectivity index (χ2v) is 6.00. The third-order valence-electron chi connectivity index (χ3n) is 4.71. The number of ether oxygens (including phenoxy) is 1. The number of nitrogens with one attached hydrogen (secondary N) is 1. The molecule has 2 aliphatic rings. The molecular weight excluding hydrogens is 222 g/mol. The Labute approximate surface area is 110 Å². The lowest BCUT2D eigenvalue weighted by Gasteiger charge is -2.45. The molecule has 2 heteroatoms. The van der Waals surface area contributed by atoms with Crippen LogP contribution in [-0.2, 0) is 0 Å². The molecule has 0 saturated heterocycles. The Morgan fingerprint density at radius 2 is 2.00 bits per heavy atom. The van der Waals surface area contributed by atoms with Crippen LogP contribution in [0.5, 0.6) is 5.75 Å². The Morgan fingerprint density at radius 3 is 2.72 bits per heavy atom. The Balaban J connectivity index is 1.99. The Bertz CT molecular complexity index is 435. The molecule has 1 atom stereocenters. The molecule has 1 aromatic carbocycles. The second-order valence-electron chi connectivity index (χ2n) is 6.00. The van der Waals surface area contributed by atoms with E-state index in [-0.39, 0.29) is 0 Å². The van der Waals surface area contributed by atoms with E-state index in [2.05, 4.69) is 30.4 Å². The Morgan fingerprint density at radius 1 is 1.22 bits per heavy atom. The standard InChI is InChI=1S/C16H23NO/c1-12-11-16(9-4-3-5-10-16)17-15-13(12)7-6-8-14(15)18-2/h6-8,12,17H,3-5,9-11H2,1-2H3. The fourth-order valence-corrected chi connectivity index (χ4v) is 3.83. The maximum atomic E-state index is 5.53. The molecule has 0 bridgehead atoms. The van der Waals surface area contributed by atoms with Crippen molar-refractivity contribution in [2.75, 3.05) is 12.4 Å². The van der Waals surface area contributed by atoms with Crippen molar-refractivity contribution in [3.63, 3.8) is 0 Å². The lowest BCUT2D eigenvalue weighted by atomic mass is 9.72. The fraction of sp³-hybridized carbons (Fsp3) is 0.625. The van der Waals surface area contributed by atoms with Crippen LogP contribution in [0.2, 0.25) is 0 Å². The molecule has 1 N–H and O–H groups in total. The monoisotopic (exact) mass is 245 g/mol. The van der Waals surface area contributed by atoms with Gasteiger partial charge in [0.05, 0.1) is 12.8 Å². The first kappa shape index (κ1) is 11.9. The van der Waals surface area contributed by atoms with Crippen molar-refractivity contribution in [2.24, 2.45) is 0 Å². The highest BCUT2D eigenvalue weighted by Gasteiger charge is 2.38. The molecule has 1 saturated carbocycles. The first-order valence-electron chi connectivity index (χ1n) is 7.19. The van der Waals surface area contributed by atoms with Gasteiger partial charge in [0.25, 0.3) is 0 Å². The zero-order valence-electron chi connectivity index (χ0n) is 11.5. The molecule has 18 heavy (non-hydrogen) atoms. The third kappa shape index (κ3) is 1.88. The summed E-state index contributed by atoms with van der Waals surface area (Å²) in [5.41, 5.74) is 3.01. The minimum Gasteiger partial charge on any atom is -0.495 e. The number of benzene rings is 1. The minimum absolute atomic E-state index is 0.333. The second kappa shape index (κ2) is 4.49.